The Kier molecular flexibility index (Phi) is 3.49. The van der Waals surface area contributed by atoms with E-state index < -0.39 is 11.6 Å². The molecule has 6 heteroatoms. The molecule has 0 N–H and O–H groups in total. The lowest BCUT2D eigenvalue weighted by atomic mass is 10.2. The summed E-state index contributed by atoms with van der Waals surface area (Å²) in [6, 6.07) is 3.09. The third-order valence-corrected chi connectivity index (χ3v) is 3.19. The van der Waals surface area contributed by atoms with Gasteiger partial charge >= 0.3 is 0 Å². The van der Waals surface area contributed by atoms with Crippen molar-refractivity contribution in [2.75, 3.05) is 5.88 Å². The molecule has 0 radical (unpaired) electrons. The number of rotatable bonds is 3. The number of nitrogens with zero attached hydrogens (tertiary/aromatic N) is 1. The summed E-state index contributed by atoms with van der Waals surface area (Å²) in [7, 11) is 0. The largest absolute Gasteiger partial charge is 0.291 e. The highest BCUT2D eigenvalue weighted by atomic mass is 35.5. The van der Waals surface area contributed by atoms with Gasteiger partial charge in [0.15, 0.2) is 5.78 Å². The zero-order valence-electron chi connectivity index (χ0n) is 8.41. The molecule has 0 fully saturated rings. The van der Waals surface area contributed by atoms with Crippen LogP contribution in [0.2, 0.25) is 0 Å². The van der Waals surface area contributed by atoms with E-state index in [1.54, 1.807) is 0 Å². The average molecular weight is 274 g/mol. The van der Waals surface area contributed by atoms with Crippen LogP contribution in [-0.2, 0) is 0 Å². The number of halogens is 3. The number of Topliss-reactive ketones (excluding diaryl/α,β-unsaturated/α-hetero) is 1. The third kappa shape index (κ3) is 2.50. The van der Waals surface area contributed by atoms with Gasteiger partial charge in [-0.05, 0) is 18.2 Å². The molecule has 0 aliphatic heterocycles. The van der Waals surface area contributed by atoms with Crippen LogP contribution in [0.4, 0.5) is 8.78 Å². The summed E-state index contributed by atoms with van der Waals surface area (Å²) >= 11 is 6.45. The van der Waals surface area contributed by atoms with E-state index in [2.05, 4.69) is 4.98 Å². The Morgan fingerprint density at radius 1 is 1.41 bits per heavy atom. The average Bonchev–Trinajstić information content (AvgIpc) is 2.80. The van der Waals surface area contributed by atoms with Gasteiger partial charge in [0, 0.05) is 10.9 Å². The van der Waals surface area contributed by atoms with Crippen molar-refractivity contribution < 1.29 is 13.6 Å². The highest BCUT2D eigenvalue weighted by Gasteiger charge is 2.14. The molecule has 1 heterocycles. The second-order valence-corrected chi connectivity index (χ2v) is 4.34. The molecule has 0 amide bonds. The van der Waals surface area contributed by atoms with Crippen LogP contribution in [0, 0.1) is 11.6 Å². The summed E-state index contributed by atoms with van der Waals surface area (Å²) in [6.07, 6.45) is 0. The first-order valence-electron chi connectivity index (χ1n) is 4.62. The van der Waals surface area contributed by atoms with Crippen LogP contribution < -0.4 is 0 Å². The predicted octanol–water partition coefficient (Wildman–Crippen LogP) is 3.51. The van der Waals surface area contributed by atoms with Crippen molar-refractivity contribution >= 4 is 28.7 Å². The summed E-state index contributed by atoms with van der Waals surface area (Å²) in [5, 5.41) is 1.74. The zero-order valence-corrected chi connectivity index (χ0v) is 9.99. The van der Waals surface area contributed by atoms with Crippen molar-refractivity contribution in [3.8, 4) is 10.6 Å². The minimum absolute atomic E-state index is 0.0450. The van der Waals surface area contributed by atoms with E-state index in [1.807, 2.05) is 0 Å². The van der Waals surface area contributed by atoms with Gasteiger partial charge in [-0.25, -0.2) is 13.8 Å². The van der Waals surface area contributed by atoms with E-state index >= 15 is 0 Å². The van der Waals surface area contributed by atoms with E-state index in [1.165, 1.54) is 5.38 Å². The zero-order chi connectivity index (χ0) is 12.4. The predicted molar refractivity (Wildman–Crippen MR) is 62.5 cm³/mol. The second kappa shape index (κ2) is 4.89. The van der Waals surface area contributed by atoms with Crippen LogP contribution in [0.25, 0.3) is 10.6 Å². The number of thiazole rings is 1. The summed E-state index contributed by atoms with van der Waals surface area (Å²) in [6.45, 7) is 0. The molecule has 1 aromatic carbocycles. The molecule has 2 rings (SSSR count). The molecule has 2 aromatic rings. The quantitative estimate of drug-likeness (QED) is 0.633. The molecule has 17 heavy (non-hydrogen) atoms. The fourth-order valence-corrected chi connectivity index (χ4v) is 2.23. The molecular weight excluding hydrogens is 268 g/mol. The summed E-state index contributed by atoms with van der Waals surface area (Å²) in [5.74, 6) is -1.66. The van der Waals surface area contributed by atoms with Crippen molar-refractivity contribution in [1.82, 2.24) is 4.98 Å². The van der Waals surface area contributed by atoms with Crippen LogP contribution in [0.1, 0.15) is 10.5 Å². The van der Waals surface area contributed by atoms with E-state index in [9.17, 15) is 13.6 Å². The van der Waals surface area contributed by atoms with Crippen LogP contribution in [0.15, 0.2) is 23.6 Å². The van der Waals surface area contributed by atoms with Gasteiger partial charge in [0.1, 0.15) is 22.3 Å². The van der Waals surface area contributed by atoms with Crippen molar-refractivity contribution in [2.24, 2.45) is 0 Å². The third-order valence-electron chi connectivity index (χ3n) is 2.07. The smallest absolute Gasteiger partial charge is 0.196 e. The molecule has 0 atom stereocenters. The SMILES string of the molecule is O=C(CCl)c1csc(-c2cc(F)ccc2F)n1. The lowest BCUT2D eigenvalue weighted by Gasteiger charge is -1.98. The monoisotopic (exact) mass is 273 g/mol. The van der Waals surface area contributed by atoms with Crippen molar-refractivity contribution in [3.05, 3.63) is 40.9 Å². The van der Waals surface area contributed by atoms with Crippen LogP contribution >= 0.6 is 22.9 Å². The Labute approximate surface area is 105 Å². The van der Waals surface area contributed by atoms with Crippen LogP contribution in [0.3, 0.4) is 0 Å². The maximum atomic E-state index is 13.4. The Bertz CT molecular complexity index is 570. The number of ketones is 1. The Balaban J connectivity index is 2.43. The fourth-order valence-electron chi connectivity index (χ4n) is 1.26. The molecular formula is C11H6ClF2NOS. The molecule has 1 aromatic heterocycles. The van der Waals surface area contributed by atoms with Gasteiger partial charge in [0.2, 0.25) is 0 Å². The van der Waals surface area contributed by atoms with E-state index in [0.717, 1.165) is 29.5 Å². The molecule has 0 saturated heterocycles. The van der Waals surface area contributed by atoms with E-state index in [0.29, 0.717) is 0 Å². The molecule has 88 valence electrons. The lowest BCUT2D eigenvalue weighted by Crippen LogP contribution is -2.00. The van der Waals surface area contributed by atoms with Gasteiger partial charge < -0.3 is 0 Å². The van der Waals surface area contributed by atoms with Gasteiger partial charge in [-0.15, -0.1) is 22.9 Å². The molecule has 0 aliphatic rings. The fraction of sp³-hybridized carbons (Fsp3) is 0.0909. The topological polar surface area (TPSA) is 30.0 Å². The van der Waals surface area contributed by atoms with Gasteiger partial charge in [-0.3, -0.25) is 4.79 Å². The molecule has 2 nitrogen and oxygen atoms in total. The molecule has 0 bridgehead atoms. The summed E-state index contributed by atoms with van der Waals surface area (Å²) in [5.41, 5.74) is 0.215. The van der Waals surface area contributed by atoms with Crippen LogP contribution in [-0.4, -0.2) is 16.6 Å². The number of benzene rings is 1. The highest BCUT2D eigenvalue weighted by molar-refractivity contribution is 7.13. The first kappa shape index (κ1) is 12.1. The maximum Gasteiger partial charge on any atom is 0.196 e. The number of carbonyl (C=O) groups excluding carboxylic acids is 1. The van der Waals surface area contributed by atoms with E-state index in [4.69, 9.17) is 11.6 Å². The molecule has 0 saturated carbocycles. The van der Waals surface area contributed by atoms with Gasteiger partial charge in [0.05, 0.1) is 5.88 Å². The first-order valence-corrected chi connectivity index (χ1v) is 6.03. The molecule has 0 spiro atoms. The van der Waals surface area contributed by atoms with Crippen molar-refractivity contribution in [3.63, 3.8) is 0 Å². The minimum atomic E-state index is -0.578. The standard InChI is InChI=1S/C11H6ClF2NOS/c12-4-10(16)9-5-17-11(15-9)7-3-6(13)1-2-8(7)14/h1-3,5H,4H2. The van der Waals surface area contributed by atoms with Gasteiger partial charge in [-0.1, -0.05) is 0 Å². The van der Waals surface area contributed by atoms with Crippen molar-refractivity contribution in [1.29, 1.82) is 0 Å². The highest BCUT2D eigenvalue weighted by Crippen LogP contribution is 2.27. The first-order chi connectivity index (χ1) is 8.11. The molecule has 0 unspecified atom stereocenters. The normalized spacial score (nSPS) is 10.5. The molecule has 0 aliphatic carbocycles. The Hall–Kier alpha value is -1.33. The van der Waals surface area contributed by atoms with Gasteiger partial charge in [0.25, 0.3) is 0 Å². The number of aromatic nitrogens is 1. The number of hydrogen-bond acceptors (Lipinski definition) is 3. The second-order valence-electron chi connectivity index (χ2n) is 3.22. The summed E-state index contributed by atoms with van der Waals surface area (Å²) < 4.78 is 26.4. The van der Waals surface area contributed by atoms with E-state index in [-0.39, 0.29) is 27.9 Å². The summed E-state index contributed by atoms with van der Waals surface area (Å²) in [4.78, 5) is 15.2. The number of carbonyl (C=O) groups is 1. The number of alkyl halides is 1. The Morgan fingerprint density at radius 2 is 2.18 bits per heavy atom. The maximum absolute atomic E-state index is 13.4. The lowest BCUT2D eigenvalue weighted by molar-refractivity contribution is 0.101. The number of hydrogen-bond donors (Lipinski definition) is 0. The van der Waals surface area contributed by atoms with Crippen LogP contribution in [0.5, 0.6) is 0 Å². The van der Waals surface area contributed by atoms with Crippen molar-refractivity contribution in [2.45, 2.75) is 0 Å². The Morgan fingerprint density at radius 3 is 2.88 bits per heavy atom. The minimum Gasteiger partial charge on any atom is -0.291 e. The van der Waals surface area contributed by atoms with Gasteiger partial charge in [-0.2, -0.15) is 0 Å².